The Hall–Kier alpha value is -1.94. The van der Waals surface area contributed by atoms with E-state index in [4.69, 9.17) is 37.0 Å². The van der Waals surface area contributed by atoms with Crippen LogP contribution in [0.25, 0.3) is 0 Å². The van der Waals surface area contributed by atoms with Gasteiger partial charge >= 0.3 is 39.5 Å². The Bertz CT molecular complexity index is 1840. The maximum absolute atomic E-state index is 13.1. The highest BCUT2D eigenvalue weighted by molar-refractivity contribution is 7.47. The van der Waals surface area contributed by atoms with Crippen molar-refractivity contribution in [3.8, 4) is 0 Å². The number of esters is 4. The molecule has 0 spiro atoms. The van der Waals surface area contributed by atoms with Gasteiger partial charge in [-0.2, -0.15) is 0 Å². The summed E-state index contributed by atoms with van der Waals surface area (Å²) < 4.78 is 68.6. The van der Waals surface area contributed by atoms with E-state index >= 15 is 0 Å². The first-order valence-corrected chi connectivity index (χ1v) is 42.5. The number of aliphatic hydroxyl groups is 1. The van der Waals surface area contributed by atoms with Gasteiger partial charge in [0.15, 0.2) is 12.2 Å². The van der Waals surface area contributed by atoms with Crippen molar-refractivity contribution in [3.63, 3.8) is 0 Å². The predicted octanol–water partition coefficient (Wildman–Crippen LogP) is 22.3. The van der Waals surface area contributed by atoms with E-state index in [0.29, 0.717) is 25.7 Å². The van der Waals surface area contributed by atoms with E-state index in [1.54, 1.807) is 0 Å². The van der Waals surface area contributed by atoms with Crippen LogP contribution in [0.5, 0.6) is 0 Å². The molecule has 0 aliphatic heterocycles. The number of rotatable bonds is 75. The Morgan fingerprint density at radius 1 is 0.284 bits per heavy atom. The molecule has 2 unspecified atom stereocenters. The number of aliphatic hydroxyl groups excluding tert-OH is 1. The standard InChI is InChI=1S/C76H148O17P2/c1-7-9-11-13-15-17-19-21-22-25-29-35-41-47-53-59-74(79)87-64-71(92-75(80)60-54-48-42-36-30-26-23-24-27-32-38-44-50-56-68(3)4)66-90-94(82,83)88-62-70(77)63-89-95(84,85)91-67-72(93-76(81)61-55-49-43-37-31-33-39-45-51-57-69(5)6)65-86-73(78)58-52-46-40-34-28-20-18-16-14-12-10-8-2/h68-72,77H,7-67H2,1-6H3,(H,82,83)(H,84,85)/t70-,71-,72-/m1/s1. The first-order valence-electron chi connectivity index (χ1n) is 39.5. The molecule has 0 radical (unpaired) electrons. The summed E-state index contributed by atoms with van der Waals surface area (Å²) in [6.45, 7) is 9.60. The Labute approximate surface area is 581 Å². The zero-order valence-electron chi connectivity index (χ0n) is 62.0. The number of hydrogen-bond donors (Lipinski definition) is 3. The van der Waals surface area contributed by atoms with Gasteiger partial charge < -0.3 is 33.8 Å². The van der Waals surface area contributed by atoms with Crippen LogP contribution in [0.15, 0.2) is 0 Å². The first-order chi connectivity index (χ1) is 45.9. The van der Waals surface area contributed by atoms with E-state index in [2.05, 4.69) is 41.5 Å². The molecule has 0 heterocycles. The van der Waals surface area contributed by atoms with Gasteiger partial charge in [-0.05, 0) is 37.5 Å². The number of phosphoric ester groups is 2. The van der Waals surface area contributed by atoms with Crippen molar-refractivity contribution in [1.82, 2.24) is 0 Å². The fourth-order valence-electron chi connectivity index (χ4n) is 11.7. The minimum Gasteiger partial charge on any atom is -0.462 e. The highest BCUT2D eigenvalue weighted by Crippen LogP contribution is 2.45. The second kappa shape index (κ2) is 67.9. The highest BCUT2D eigenvalue weighted by Gasteiger charge is 2.30. The molecule has 95 heavy (non-hydrogen) atoms. The van der Waals surface area contributed by atoms with Crippen molar-refractivity contribution in [2.45, 2.75) is 413 Å². The van der Waals surface area contributed by atoms with Gasteiger partial charge in [0.1, 0.15) is 19.3 Å². The topological polar surface area (TPSA) is 237 Å². The summed E-state index contributed by atoms with van der Waals surface area (Å²) in [5.74, 6) is -0.591. The van der Waals surface area contributed by atoms with Crippen LogP contribution in [0.1, 0.15) is 395 Å². The quantitative estimate of drug-likeness (QED) is 0.0222. The van der Waals surface area contributed by atoms with Crippen LogP contribution in [0.3, 0.4) is 0 Å². The third kappa shape index (κ3) is 70.3. The van der Waals surface area contributed by atoms with Gasteiger partial charge in [0.2, 0.25) is 0 Å². The molecular formula is C76H148O17P2. The molecule has 564 valence electrons. The highest BCUT2D eigenvalue weighted by atomic mass is 31.2. The Morgan fingerprint density at radius 3 is 0.716 bits per heavy atom. The SMILES string of the molecule is CCCCCCCCCCCCCCCCCC(=O)OC[C@H](COP(=O)(O)OC[C@@H](O)COP(=O)(O)OC[C@@H](COC(=O)CCCCCCCCCCCCCC)OC(=O)CCCCCCCCCCCC(C)C)OC(=O)CCCCCCCCCCCCCCCC(C)C. The fourth-order valence-corrected chi connectivity index (χ4v) is 13.2. The normalized spacial score (nSPS) is 14.0. The molecular weight excluding hydrogens is 1250 g/mol. The molecule has 0 aromatic rings. The molecule has 0 fully saturated rings. The third-order valence-corrected chi connectivity index (χ3v) is 19.6. The zero-order valence-corrected chi connectivity index (χ0v) is 63.8. The van der Waals surface area contributed by atoms with Crippen LogP contribution >= 0.6 is 15.6 Å². The van der Waals surface area contributed by atoms with Crippen LogP contribution in [-0.4, -0.2) is 96.7 Å². The van der Waals surface area contributed by atoms with E-state index in [1.165, 1.54) is 212 Å². The molecule has 0 aromatic heterocycles. The Kier molecular flexibility index (Phi) is 66.5. The van der Waals surface area contributed by atoms with Gasteiger partial charge in [-0.1, -0.05) is 343 Å². The van der Waals surface area contributed by atoms with Crippen LogP contribution in [0, 0.1) is 11.8 Å². The smallest absolute Gasteiger partial charge is 0.462 e. The molecule has 3 N–H and O–H groups in total. The number of carbonyl (C=O) groups excluding carboxylic acids is 4. The van der Waals surface area contributed by atoms with E-state index in [-0.39, 0.29) is 25.7 Å². The third-order valence-electron chi connectivity index (χ3n) is 17.7. The van der Waals surface area contributed by atoms with Crippen LogP contribution in [0.2, 0.25) is 0 Å². The first kappa shape index (κ1) is 93.1. The van der Waals surface area contributed by atoms with Gasteiger partial charge in [-0.3, -0.25) is 37.3 Å². The van der Waals surface area contributed by atoms with Crippen molar-refractivity contribution < 1.29 is 80.2 Å². The van der Waals surface area contributed by atoms with Gasteiger partial charge in [0.05, 0.1) is 26.4 Å². The van der Waals surface area contributed by atoms with Crippen LogP contribution < -0.4 is 0 Å². The number of carbonyl (C=O) groups is 4. The summed E-state index contributed by atoms with van der Waals surface area (Å²) in [7, 11) is -9.91. The molecule has 17 nitrogen and oxygen atoms in total. The van der Waals surface area contributed by atoms with Crippen molar-refractivity contribution >= 4 is 39.5 Å². The molecule has 0 amide bonds. The number of hydrogen-bond acceptors (Lipinski definition) is 15. The second-order valence-corrected chi connectivity index (χ2v) is 31.3. The number of phosphoric acid groups is 2. The molecule has 0 bridgehead atoms. The fraction of sp³-hybridized carbons (Fsp3) is 0.947. The van der Waals surface area contributed by atoms with E-state index in [1.807, 2.05) is 0 Å². The molecule has 0 saturated heterocycles. The van der Waals surface area contributed by atoms with E-state index < -0.39 is 97.5 Å². The number of unbranched alkanes of at least 4 members (excludes halogenated alkanes) is 45. The Balaban J connectivity index is 5.26. The molecule has 19 heteroatoms. The lowest BCUT2D eigenvalue weighted by atomic mass is 10.0. The van der Waals surface area contributed by atoms with Gasteiger partial charge in [-0.25, -0.2) is 9.13 Å². The summed E-state index contributed by atoms with van der Waals surface area (Å²) in [6.07, 6.45) is 55.3. The molecule has 0 aromatic carbocycles. The summed E-state index contributed by atoms with van der Waals surface area (Å²) in [4.78, 5) is 72.8. The van der Waals surface area contributed by atoms with Crippen molar-refractivity contribution in [2.24, 2.45) is 11.8 Å². The largest absolute Gasteiger partial charge is 0.472 e. The summed E-state index contributed by atoms with van der Waals surface area (Å²) in [6, 6.07) is 0. The second-order valence-electron chi connectivity index (χ2n) is 28.3. The Morgan fingerprint density at radius 2 is 0.484 bits per heavy atom. The van der Waals surface area contributed by atoms with Gasteiger partial charge in [-0.15, -0.1) is 0 Å². The lowest BCUT2D eigenvalue weighted by Gasteiger charge is -2.21. The zero-order chi connectivity index (χ0) is 70.0. The molecule has 0 saturated carbocycles. The maximum atomic E-state index is 13.1. The van der Waals surface area contributed by atoms with Gasteiger partial charge in [0.25, 0.3) is 0 Å². The lowest BCUT2D eigenvalue weighted by molar-refractivity contribution is -0.161. The monoisotopic (exact) mass is 1400 g/mol. The van der Waals surface area contributed by atoms with E-state index in [0.717, 1.165) is 102 Å². The van der Waals surface area contributed by atoms with Crippen molar-refractivity contribution in [2.75, 3.05) is 39.6 Å². The average molecular weight is 1400 g/mol. The average Bonchev–Trinajstić information content (AvgIpc) is 1.81. The summed E-state index contributed by atoms with van der Waals surface area (Å²) in [5, 5.41) is 10.6. The predicted molar refractivity (Wildman–Crippen MR) is 386 cm³/mol. The molecule has 5 atom stereocenters. The van der Waals surface area contributed by atoms with E-state index in [9.17, 15) is 43.2 Å². The summed E-state index contributed by atoms with van der Waals surface area (Å²) >= 11 is 0. The van der Waals surface area contributed by atoms with Crippen molar-refractivity contribution in [1.29, 1.82) is 0 Å². The van der Waals surface area contributed by atoms with Crippen molar-refractivity contribution in [3.05, 3.63) is 0 Å². The molecule has 0 aliphatic carbocycles. The number of ether oxygens (including phenoxy) is 4. The molecule has 0 rings (SSSR count). The van der Waals surface area contributed by atoms with Crippen LogP contribution in [0.4, 0.5) is 0 Å². The minimum atomic E-state index is -4.96. The minimum absolute atomic E-state index is 0.106. The molecule has 0 aliphatic rings. The maximum Gasteiger partial charge on any atom is 0.472 e. The summed E-state index contributed by atoms with van der Waals surface area (Å²) in [5.41, 5.74) is 0. The van der Waals surface area contributed by atoms with Crippen LogP contribution in [-0.2, 0) is 65.4 Å². The van der Waals surface area contributed by atoms with Gasteiger partial charge in [0, 0.05) is 25.7 Å². The lowest BCUT2D eigenvalue weighted by Crippen LogP contribution is -2.30.